The van der Waals surface area contributed by atoms with E-state index in [1.807, 2.05) is 10.8 Å². The molecule has 0 aliphatic heterocycles. The minimum absolute atomic E-state index is 0.0985. The standard InChI is InChI=1S/C16H14F3N5O2S/c1-9-8-13(10-6-7-10)24-14(20-9)21-15(22-24)27(25,26)23-12-5-3-2-4-11(12)16(17,18)19/h2-5,8,10,23H,6-7H2,1H3. The summed E-state index contributed by atoms with van der Waals surface area (Å²) in [7, 11) is -4.43. The van der Waals surface area contributed by atoms with E-state index < -0.39 is 32.6 Å². The van der Waals surface area contributed by atoms with Crippen LogP contribution in [-0.2, 0) is 16.2 Å². The Morgan fingerprint density at radius 3 is 2.56 bits per heavy atom. The Bertz CT molecular complexity index is 1140. The van der Waals surface area contributed by atoms with Crippen molar-refractivity contribution >= 4 is 21.5 Å². The first kappa shape index (κ1) is 17.7. The molecule has 1 aliphatic rings. The van der Waals surface area contributed by atoms with Crippen molar-refractivity contribution in [2.24, 2.45) is 0 Å². The predicted octanol–water partition coefficient (Wildman–Crippen LogP) is 3.13. The molecule has 0 saturated heterocycles. The summed E-state index contributed by atoms with van der Waals surface area (Å²) in [6, 6.07) is 6.13. The van der Waals surface area contributed by atoms with Gasteiger partial charge < -0.3 is 0 Å². The molecule has 2 aromatic heterocycles. The third-order valence-electron chi connectivity index (χ3n) is 4.16. The van der Waals surface area contributed by atoms with Crippen LogP contribution in [0.25, 0.3) is 5.78 Å². The molecule has 0 radical (unpaired) electrons. The number of aromatic nitrogens is 4. The Kier molecular flexibility index (Phi) is 3.88. The number of hydrogen-bond donors (Lipinski definition) is 1. The molecular formula is C16H14F3N5O2S. The number of anilines is 1. The van der Waals surface area contributed by atoms with Gasteiger partial charge in [0.15, 0.2) is 0 Å². The number of nitrogens with zero attached hydrogens (tertiary/aromatic N) is 4. The molecule has 1 aromatic carbocycles. The number of benzene rings is 1. The van der Waals surface area contributed by atoms with Gasteiger partial charge in [0, 0.05) is 11.6 Å². The minimum atomic E-state index is -4.71. The maximum Gasteiger partial charge on any atom is 0.418 e. The second-order valence-corrected chi connectivity index (χ2v) is 7.93. The lowest BCUT2D eigenvalue weighted by atomic mass is 10.2. The zero-order chi connectivity index (χ0) is 19.4. The van der Waals surface area contributed by atoms with Crippen LogP contribution in [0.15, 0.2) is 35.5 Å². The highest BCUT2D eigenvalue weighted by Crippen LogP contribution is 2.40. The van der Waals surface area contributed by atoms with Gasteiger partial charge in [-0.05, 0) is 38.0 Å². The molecule has 4 rings (SSSR count). The van der Waals surface area contributed by atoms with Crippen LogP contribution in [0, 0.1) is 6.92 Å². The number of halogens is 3. The zero-order valence-electron chi connectivity index (χ0n) is 14.0. The first-order valence-electron chi connectivity index (χ1n) is 8.08. The quantitative estimate of drug-likeness (QED) is 0.731. The number of para-hydroxylation sites is 1. The largest absolute Gasteiger partial charge is 0.418 e. The van der Waals surface area contributed by atoms with Gasteiger partial charge in [-0.3, -0.25) is 4.72 Å². The maximum atomic E-state index is 13.1. The van der Waals surface area contributed by atoms with Crippen molar-refractivity contribution in [3.63, 3.8) is 0 Å². The number of sulfonamides is 1. The second kappa shape index (κ2) is 5.91. The van der Waals surface area contributed by atoms with Gasteiger partial charge in [-0.25, -0.2) is 4.98 Å². The molecular weight excluding hydrogens is 383 g/mol. The number of rotatable bonds is 4. The summed E-state index contributed by atoms with van der Waals surface area (Å²) in [6.45, 7) is 1.76. The van der Waals surface area contributed by atoms with E-state index >= 15 is 0 Å². The van der Waals surface area contributed by atoms with Crippen LogP contribution >= 0.6 is 0 Å². The van der Waals surface area contributed by atoms with E-state index in [4.69, 9.17) is 0 Å². The van der Waals surface area contributed by atoms with E-state index in [2.05, 4.69) is 15.1 Å². The van der Waals surface area contributed by atoms with Gasteiger partial charge in [-0.15, -0.1) is 5.10 Å². The van der Waals surface area contributed by atoms with Crippen LogP contribution in [0.1, 0.15) is 35.7 Å². The molecule has 2 heterocycles. The first-order chi connectivity index (χ1) is 12.6. The van der Waals surface area contributed by atoms with Gasteiger partial charge in [0.1, 0.15) is 0 Å². The Balaban J connectivity index is 1.76. The van der Waals surface area contributed by atoms with Crippen molar-refractivity contribution in [1.29, 1.82) is 0 Å². The number of nitrogens with one attached hydrogen (secondary N) is 1. The third-order valence-corrected chi connectivity index (χ3v) is 5.30. The summed E-state index contributed by atoms with van der Waals surface area (Å²) < 4.78 is 67.8. The molecule has 1 aliphatic carbocycles. The highest BCUT2D eigenvalue weighted by Gasteiger charge is 2.35. The molecule has 0 unspecified atom stereocenters. The van der Waals surface area contributed by atoms with Crippen molar-refractivity contribution in [2.45, 2.75) is 37.0 Å². The molecule has 7 nitrogen and oxygen atoms in total. The van der Waals surface area contributed by atoms with Crippen LogP contribution in [0.4, 0.5) is 18.9 Å². The van der Waals surface area contributed by atoms with E-state index in [9.17, 15) is 21.6 Å². The van der Waals surface area contributed by atoms with Crippen LogP contribution in [0.2, 0.25) is 0 Å². The van der Waals surface area contributed by atoms with Crippen LogP contribution in [-0.4, -0.2) is 28.0 Å². The van der Waals surface area contributed by atoms with E-state index in [0.29, 0.717) is 5.69 Å². The van der Waals surface area contributed by atoms with Gasteiger partial charge in [-0.2, -0.15) is 31.1 Å². The summed E-state index contributed by atoms with van der Waals surface area (Å²) in [5.74, 6) is 0.353. The van der Waals surface area contributed by atoms with E-state index in [1.165, 1.54) is 16.6 Å². The normalized spacial score (nSPS) is 15.3. The lowest BCUT2D eigenvalue weighted by Crippen LogP contribution is -2.18. The fourth-order valence-electron chi connectivity index (χ4n) is 2.79. The van der Waals surface area contributed by atoms with E-state index in [-0.39, 0.29) is 11.7 Å². The maximum absolute atomic E-state index is 13.1. The molecule has 0 atom stereocenters. The highest BCUT2D eigenvalue weighted by atomic mass is 32.2. The molecule has 27 heavy (non-hydrogen) atoms. The molecule has 11 heteroatoms. The van der Waals surface area contributed by atoms with Crippen LogP contribution in [0.5, 0.6) is 0 Å². The van der Waals surface area contributed by atoms with Gasteiger partial charge in [0.25, 0.3) is 21.0 Å². The molecule has 142 valence electrons. The fourth-order valence-corrected chi connectivity index (χ4v) is 3.74. The van der Waals surface area contributed by atoms with E-state index in [0.717, 1.165) is 30.7 Å². The summed E-state index contributed by atoms with van der Waals surface area (Å²) in [6.07, 6.45) is -2.79. The summed E-state index contributed by atoms with van der Waals surface area (Å²) >= 11 is 0. The molecule has 0 amide bonds. The Morgan fingerprint density at radius 2 is 1.89 bits per heavy atom. The zero-order valence-corrected chi connectivity index (χ0v) is 14.8. The van der Waals surface area contributed by atoms with Crippen molar-refractivity contribution in [2.75, 3.05) is 4.72 Å². The first-order valence-corrected chi connectivity index (χ1v) is 9.57. The van der Waals surface area contributed by atoms with Crippen molar-refractivity contribution in [3.05, 3.63) is 47.3 Å². The Labute approximate surface area is 152 Å². The van der Waals surface area contributed by atoms with Gasteiger partial charge in [-0.1, -0.05) is 12.1 Å². The fraction of sp³-hybridized carbons (Fsp3) is 0.312. The van der Waals surface area contributed by atoms with Crippen molar-refractivity contribution in [3.8, 4) is 0 Å². The monoisotopic (exact) mass is 397 g/mol. The minimum Gasteiger partial charge on any atom is -0.276 e. The van der Waals surface area contributed by atoms with Gasteiger partial charge in [0.2, 0.25) is 0 Å². The molecule has 3 aromatic rings. The summed E-state index contributed by atoms with van der Waals surface area (Å²) in [5, 5.41) is 3.36. The molecule has 1 fully saturated rings. The second-order valence-electron chi connectivity index (χ2n) is 6.35. The molecule has 1 N–H and O–H groups in total. The van der Waals surface area contributed by atoms with Gasteiger partial charge >= 0.3 is 6.18 Å². The summed E-state index contributed by atoms with van der Waals surface area (Å²) in [4.78, 5) is 8.07. The molecule has 1 saturated carbocycles. The molecule has 0 spiro atoms. The number of hydrogen-bond acceptors (Lipinski definition) is 5. The predicted molar refractivity (Wildman–Crippen MR) is 89.7 cm³/mol. The smallest absolute Gasteiger partial charge is 0.276 e. The number of alkyl halides is 3. The third kappa shape index (κ3) is 3.34. The SMILES string of the molecule is Cc1cc(C2CC2)n2nc(S(=O)(=O)Nc3ccccc3C(F)(F)F)nc2n1. The van der Waals surface area contributed by atoms with Crippen molar-refractivity contribution in [1.82, 2.24) is 19.6 Å². The Morgan fingerprint density at radius 1 is 1.19 bits per heavy atom. The Hall–Kier alpha value is -2.69. The summed E-state index contributed by atoms with van der Waals surface area (Å²) in [5.41, 5.74) is -0.223. The van der Waals surface area contributed by atoms with Crippen LogP contribution in [0.3, 0.4) is 0 Å². The number of aryl methyl sites for hydroxylation is 1. The molecule has 0 bridgehead atoms. The van der Waals surface area contributed by atoms with Gasteiger partial charge in [0.05, 0.1) is 16.9 Å². The average molecular weight is 397 g/mol. The average Bonchev–Trinajstić information content (AvgIpc) is 3.32. The highest BCUT2D eigenvalue weighted by molar-refractivity contribution is 7.92. The number of fused-ring (bicyclic) bond motifs is 1. The van der Waals surface area contributed by atoms with Crippen molar-refractivity contribution < 1.29 is 21.6 Å². The topological polar surface area (TPSA) is 89.3 Å². The van der Waals surface area contributed by atoms with E-state index in [1.54, 1.807) is 6.92 Å². The van der Waals surface area contributed by atoms with Crippen LogP contribution < -0.4 is 4.72 Å². The lowest BCUT2D eigenvalue weighted by Gasteiger charge is -2.13. The lowest BCUT2D eigenvalue weighted by molar-refractivity contribution is -0.136.